The molecule has 2 aromatic rings. The molecule has 0 bridgehead atoms. The number of benzene rings is 1. The molecule has 134 valence electrons. The smallest absolute Gasteiger partial charge is 0.344 e. The first-order chi connectivity index (χ1) is 11.6. The van der Waals surface area contributed by atoms with Crippen LogP contribution in [-0.4, -0.2) is 29.2 Å². The lowest BCUT2D eigenvalue weighted by molar-refractivity contribution is -0.125. The Kier molecular flexibility index (Phi) is 5.47. The van der Waals surface area contributed by atoms with Gasteiger partial charge in [-0.3, -0.25) is 4.79 Å². The molecule has 0 saturated heterocycles. The molecule has 0 unspecified atom stereocenters. The predicted octanol–water partition coefficient (Wildman–Crippen LogP) is 3.51. The quantitative estimate of drug-likeness (QED) is 0.835. The number of halogens is 2. The first kappa shape index (κ1) is 18.9. The second-order valence-electron chi connectivity index (χ2n) is 6.43. The van der Waals surface area contributed by atoms with E-state index in [0.29, 0.717) is 0 Å². The minimum Gasteiger partial charge on any atom is -0.452 e. The molecule has 0 spiro atoms. The van der Waals surface area contributed by atoms with Crippen molar-refractivity contribution < 1.29 is 23.2 Å². The number of aryl methyl sites for hydroxylation is 1. The highest BCUT2D eigenvalue weighted by Crippen LogP contribution is 2.33. The van der Waals surface area contributed by atoms with Gasteiger partial charge in [-0.1, -0.05) is 22.8 Å². The van der Waals surface area contributed by atoms with Gasteiger partial charge in [-0.25, -0.2) is 9.18 Å². The summed E-state index contributed by atoms with van der Waals surface area (Å²) in [4.78, 5) is 24.1. The fourth-order valence-electron chi connectivity index (χ4n) is 2.16. The highest BCUT2D eigenvalue weighted by molar-refractivity contribution is 6.33. The van der Waals surface area contributed by atoms with Crippen LogP contribution in [0.4, 0.5) is 4.39 Å². The monoisotopic (exact) mass is 368 g/mol. The lowest BCUT2D eigenvalue weighted by Crippen LogP contribution is -2.42. The number of aromatic nitrogens is 1. The number of hydrogen-bond donors (Lipinski definition) is 1. The fraction of sp³-hybridized carbons (Fsp3) is 0.353. The van der Waals surface area contributed by atoms with Crippen LogP contribution >= 0.6 is 11.6 Å². The van der Waals surface area contributed by atoms with Gasteiger partial charge in [0.25, 0.3) is 5.91 Å². The number of hydrogen-bond acceptors (Lipinski definition) is 5. The molecule has 2 rings (SSSR count). The molecule has 1 amide bonds. The van der Waals surface area contributed by atoms with Gasteiger partial charge in [-0.15, -0.1) is 0 Å². The van der Waals surface area contributed by atoms with E-state index < -0.39 is 29.8 Å². The van der Waals surface area contributed by atoms with Crippen molar-refractivity contribution >= 4 is 23.5 Å². The van der Waals surface area contributed by atoms with E-state index in [1.165, 1.54) is 25.1 Å². The zero-order valence-electron chi connectivity index (χ0n) is 14.3. The first-order valence-corrected chi connectivity index (χ1v) is 7.86. The molecule has 0 aliphatic rings. The van der Waals surface area contributed by atoms with Crippen molar-refractivity contribution in [1.29, 1.82) is 0 Å². The first-order valence-electron chi connectivity index (χ1n) is 7.49. The molecular formula is C17H18ClFN2O4. The SMILES string of the molecule is Cc1onc(-c2c(F)cccc2Cl)c1C(=O)OCC(=O)NC(C)(C)C. The summed E-state index contributed by atoms with van der Waals surface area (Å²) in [7, 11) is 0. The molecule has 6 nitrogen and oxygen atoms in total. The fourth-order valence-corrected chi connectivity index (χ4v) is 2.42. The Morgan fingerprint density at radius 3 is 2.64 bits per heavy atom. The van der Waals surface area contributed by atoms with Gasteiger partial charge < -0.3 is 14.6 Å². The molecule has 0 atom stereocenters. The van der Waals surface area contributed by atoms with Crippen LogP contribution in [0.25, 0.3) is 11.3 Å². The second kappa shape index (κ2) is 7.23. The summed E-state index contributed by atoms with van der Waals surface area (Å²) in [6, 6.07) is 4.09. The summed E-state index contributed by atoms with van der Waals surface area (Å²) >= 11 is 6.01. The van der Waals surface area contributed by atoms with Crippen LogP contribution in [0, 0.1) is 12.7 Å². The second-order valence-corrected chi connectivity index (χ2v) is 6.84. The largest absolute Gasteiger partial charge is 0.452 e. The third-order valence-electron chi connectivity index (χ3n) is 3.12. The van der Waals surface area contributed by atoms with Gasteiger partial charge in [0.1, 0.15) is 22.8 Å². The van der Waals surface area contributed by atoms with E-state index >= 15 is 0 Å². The number of carbonyl (C=O) groups excluding carboxylic acids is 2. The van der Waals surface area contributed by atoms with Gasteiger partial charge in [-0.2, -0.15) is 0 Å². The topological polar surface area (TPSA) is 81.4 Å². The number of esters is 1. The average Bonchev–Trinajstić information content (AvgIpc) is 2.84. The summed E-state index contributed by atoms with van der Waals surface area (Å²) < 4.78 is 24.1. The highest BCUT2D eigenvalue weighted by atomic mass is 35.5. The Morgan fingerprint density at radius 1 is 1.36 bits per heavy atom. The van der Waals surface area contributed by atoms with Gasteiger partial charge in [0.2, 0.25) is 0 Å². The molecule has 1 aromatic heterocycles. The van der Waals surface area contributed by atoms with Crippen molar-refractivity contribution in [3.8, 4) is 11.3 Å². The van der Waals surface area contributed by atoms with Crippen LogP contribution in [0.2, 0.25) is 5.02 Å². The Hall–Kier alpha value is -2.41. The van der Waals surface area contributed by atoms with E-state index in [1.807, 2.05) is 0 Å². The Bertz CT molecular complexity index is 791. The highest BCUT2D eigenvalue weighted by Gasteiger charge is 2.27. The molecule has 0 saturated carbocycles. The van der Waals surface area contributed by atoms with E-state index in [0.717, 1.165) is 0 Å². The third-order valence-corrected chi connectivity index (χ3v) is 3.43. The maximum atomic E-state index is 14.1. The maximum Gasteiger partial charge on any atom is 0.344 e. The molecular weight excluding hydrogens is 351 g/mol. The predicted molar refractivity (Wildman–Crippen MR) is 89.8 cm³/mol. The van der Waals surface area contributed by atoms with Crippen LogP contribution in [-0.2, 0) is 9.53 Å². The van der Waals surface area contributed by atoms with Crippen molar-refractivity contribution in [2.75, 3.05) is 6.61 Å². The summed E-state index contributed by atoms with van der Waals surface area (Å²) in [5, 5.41) is 6.45. The van der Waals surface area contributed by atoms with Crippen LogP contribution in [0.5, 0.6) is 0 Å². The van der Waals surface area contributed by atoms with E-state index in [1.54, 1.807) is 20.8 Å². The standard InChI is InChI=1S/C17H18ClFN2O4/c1-9-13(16(23)24-8-12(22)20-17(2,3)4)15(21-25-9)14-10(18)6-5-7-11(14)19/h5-7H,8H2,1-4H3,(H,20,22). The molecule has 0 aliphatic carbocycles. The molecule has 1 aromatic carbocycles. The Labute approximate surface area is 149 Å². The summed E-state index contributed by atoms with van der Waals surface area (Å²) in [6.07, 6.45) is 0. The van der Waals surface area contributed by atoms with Crippen LogP contribution in [0.15, 0.2) is 22.7 Å². The normalized spacial score (nSPS) is 11.3. The van der Waals surface area contributed by atoms with E-state index in [4.69, 9.17) is 20.9 Å². The van der Waals surface area contributed by atoms with Crippen molar-refractivity contribution in [1.82, 2.24) is 10.5 Å². The Morgan fingerprint density at radius 2 is 2.04 bits per heavy atom. The number of amides is 1. The van der Waals surface area contributed by atoms with Gasteiger partial charge in [-0.05, 0) is 39.8 Å². The van der Waals surface area contributed by atoms with E-state index in [2.05, 4.69) is 10.5 Å². The van der Waals surface area contributed by atoms with Crippen molar-refractivity contribution in [3.63, 3.8) is 0 Å². The van der Waals surface area contributed by atoms with Gasteiger partial charge in [0.15, 0.2) is 6.61 Å². The zero-order valence-corrected chi connectivity index (χ0v) is 15.0. The minimum absolute atomic E-state index is 0.0629. The molecule has 0 radical (unpaired) electrons. The van der Waals surface area contributed by atoms with Crippen molar-refractivity contribution in [2.45, 2.75) is 33.2 Å². The number of ether oxygens (including phenoxy) is 1. The third kappa shape index (κ3) is 4.57. The lowest BCUT2D eigenvalue weighted by Gasteiger charge is -2.20. The van der Waals surface area contributed by atoms with Gasteiger partial charge in [0, 0.05) is 5.54 Å². The zero-order chi connectivity index (χ0) is 18.8. The number of rotatable bonds is 4. The lowest BCUT2D eigenvalue weighted by atomic mass is 10.1. The molecule has 0 aliphatic heterocycles. The van der Waals surface area contributed by atoms with Crippen LogP contribution < -0.4 is 5.32 Å². The molecule has 1 heterocycles. The summed E-state index contributed by atoms with van der Waals surface area (Å²) in [5.41, 5.74) is -0.660. The molecule has 8 heteroatoms. The number of carbonyl (C=O) groups is 2. The maximum absolute atomic E-state index is 14.1. The van der Waals surface area contributed by atoms with E-state index in [-0.39, 0.29) is 27.6 Å². The summed E-state index contributed by atoms with van der Waals surface area (Å²) in [5.74, 6) is -1.83. The average molecular weight is 369 g/mol. The number of nitrogens with zero attached hydrogens (tertiary/aromatic N) is 1. The van der Waals surface area contributed by atoms with Crippen molar-refractivity contribution in [2.24, 2.45) is 0 Å². The molecule has 1 N–H and O–H groups in total. The number of nitrogens with one attached hydrogen (secondary N) is 1. The van der Waals surface area contributed by atoms with Gasteiger partial charge >= 0.3 is 5.97 Å². The minimum atomic E-state index is -0.850. The van der Waals surface area contributed by atoms with Gasteiger partial charge in [0.05, 0.1) is 10.6 Å². The van der Waals surface area contributed by atoms with Crippen molar-refractivity contribution in [3.05, 3.63) is 40.4 Å². The van der Waals surface area contributed by atoms with Crippen LogP contribution in [0.1, 0.15) is 36.9 Å². The van der Waals surface area contributed by atoms with Crippen LogP contribution in [0.3, 0.4) is 0 Å². The Balaban J connectivity index is 2.25. The molecule has 0 fully saturated rings. The molecule has 25 heavy (non-hydrogen) atoms. The summed E-state index contributed by atoms with van der Waals surface area (Å²) in [6.45, 7) is 6.40. The van der Waals surface area contributed by atoms with E-state index in [9.17, 15) is 14.0 Å².